The Balaban J connectivity index is 1.96. The van der Waals surface area contributed by atoms with Gasteiger partial charge in [0, 0.05) is 24.8 Å². The van der Waals surface area contributed by atoms with E-state index in [9.17, 15) is 8.42 Å². The average Bonchev–Trinajstić information content (AvgIpc) is 3.20. The fourth-order valence-corrected chi connectivity index (χ4v) is 3.25. The molecular formula is C14H23N3O2S. The molecular weight excluding hydrogens is 274 g/mol. The Labute approximate surface area is 121 Å². The van der Waals surface area contributed by atoms with E-state index in [1.165, 1.54) is 12.8 Å². The van der Waals surface area contributed by atoms with Gasteiger partial charge in [-0.25, -0.2) is 18.1 Å². The van der Waals surface area contributed by atoms with E-state index in [0.717, 1.165) is 24.9 Å². The first-order valence-corrected chi connectivity index (χ1v) is 8.70. The van der Waals surface area contributed by atoms with Crippen LogP contribution in [0.5, 0.6) is 0 Å². The molecule has 1 fully saturated rings. The van der Waals surface area contributed by atoms with Gasteiger partial charge in [-0.15, -0.1) is 0 Å². The molecule has 112 valence electrons. The summed E-state index contributed by atoms with van der Waals surface area (Å²) in [5, 5.41) is 3.47. The first-order chi connectivity index (χ1) is 9.51. The summed E-state index contributed by atoms with van der Waals surface area (Å²) in [6.07, 6.45) is 5.87. The van der Waals surface area contributed by atoms with Crippen molar-refractivity contribution in [2.45, 2.75) is 63.2 Å². The van der Waals surface area contributed by atoms with Crippen LogP contribution >= 0.6 is 0 Å². The van der Waals surface area contributed by atoms with Crippen molar-refractivity contribution in [3.05, 3.63) is 23.9 Å². The second-order valence-corrected chi connectivity index (χ2v) is 7.13. The molecule has 6 heteroatoms. The Morgan fingerprint density at radius 3 is 2.70 bits per heavy atom. The molecule has 0 amide bonds. The highest BCUT2D eigenvalue weighted by molar-refractivity contribution is 7.89. The molecule has 0 bridgehead atoms. The highest BCUT2D eigenvalue weighted by atomic mass is 32.2. The molecule has 0 aliphatic heterocycles. The van der Waals surface area contributed by atoms with Crippen molar-refractivity contribution in [1.29, 1.82) is 0 Å². The van der Waals surface area contributed by atoms with E-state index >= 15 is 0 Å². The van der Waals surface area contributed by atoms with Gasteiger partial charge in [-0.2, -0.15) is 0 Å². The smallest absolute Gasteiger partial charge is 0.258 e. The average molecular weight is 297 g/mol. The minimum absolute atomic E-state index is 0.0667. The van der Waals surface area contributed by atoms with Gasteiger partial charge in [0.15, 0.2) is 5.03 Å². The van der Waals surface area contributed by atoms with Gasteiger partial charge in [0.2, 0.25) is 0 Å². The maximum Gasteiger partial charge on any atom is 0.258 e. The summed E-state index contributed by atoms with van der Waals surface area (Å²) in [5.41, 5.74) is 1.01. The van der Waals surface area contributed by atoms with Crippen molar-refractivity contribution in [1.82, 2.24) is 15.0 Å². The van der Waals surface area contributed by atoms with E-state index in [4.69, 9.17) is 0 Å². The zero-order valence-corrected chi connectivity index (χ0v) is 12.9. The molecule has 0 aromatic carbocycles. The molecule has 0 radical (unpaired) electrons. The van der Waals surface area contributed by atoms with Crippen molar-refractivity contribution in [2.24, 2.45) is 0 Å². The van der Waals surface area contributed by atoms with Crippen LogP contribution in [0.1, 0.15) is 45.1 Å². The fraction of sp³-hybridized carbons (Fsp3) is 0.643. The monoisotopic (exact) mass is 297 g/mol. The third-order valence-corrected chi connectivity index (χ3v) is 4.83. The summed E-state index contributed by atoms with van der Waals surface area (Å²) < 4.78 is 26.9. The highest BCUT2D eigenvalue weighted by Gasteiger charge is 2.21. The molecule has 1 aromatic rings. The van der Waals surface area contributed by atoms with Gasteiger partial charge in [0.25, 0.3) is 10.0 Å². The summed E-state index contributed by atoms with van der Waals surface area (Å²) in [5.74, 6) is 0. The van der Waals surface area contributed by atoms with E-state index in [-0.39, 0.29) is 11.1 Å². The first-order valence-electron chi connectivity index (χ1n) is 7.22. The van der Waals surface area contributed by atoms with Gasteiger partial charge >= 0.3 is 0 Å². The summed E-state index contributed by atoms with van der Waals surface area (Å²) in [4.78, 5) is 4.07. The van der Waals surface area contributed by atoms with Gasteiger partial charge in [0.1, 0.15) is 0 Å². The van der Waals surface area contributed by atoms with Gasteiger partial charge in [-0.3, -0.25) is 0 Å². The second kappa shape index (κ2) is 6.65. The van der Waals surface area contributed by atoms with Crippen LogP contribution in [0.15, 0.2) is 23.4 Å². The summed E-state index contributed by atoms with van der Waals surface area (Å²) in [6.45, 7) is 4.65. The fourth-order valence-electron chi connectivity index (χ4n) is 2.04. The predicted molar refractivity (Wildman–Crippen MR) is 78.8 cm³/mol. The van der Waals surface area contributed by atoms with E-state index in [1.807, 2.05) is 19.9 Å². The van der Waals surface area contributed by atoms with Crippen molar-refractivity contribution >= 4 is 10.0 Å². The second-order valence-electron chi connectivity index (χ2n) is 5.47. The van der Waals surface area contributed by atoms with Crippen LogP contribution < -0.4 is 10.0 Å². The number of pyridine rings is 1. The topological polar surface area (TPSA) is 71.1 Å². The largest absolute Gasteiger partial charge is 0.310 e. The maximum atomic E-state index is 12.1. The molecule has 20 heavy (non-hydrogen) atoms. The molecule has 5 nitrogen and oxygen atoms in total. The van der Waals surface area contributed by atoms with Gasteiger partial charge in [0.05, 0.1) is 0 Å². The van der Waals surface area contributed by atoms with Crippen molar-refractivity contribution in [2.75, 3.05) is 0 Å². The van der Waals surface area contributed by atoms with Crippen LogP contribution in [0, 0.1) is 0 Å². The third kappa shape index (κ3) is 4.54. The zero-order chi connectivity index (χ0) is 14.6. The highest BCUT2D eigenvalue weighted by Crippen LogP contribution is 2.19. The SMILES string of the molecule is CCCC(C)NS(=O)(=O)c1ccc(CNC2CC2)cn1. The lowest BCUT2D eigenvalue weighted by atomic mass is 10.2. The number of hydrogen-bond donors (Lipinski definition) is 2. The van der Waals surface area contributed by atoms with Crippen LogP contribution in [-0.4, -0.2) is 25.5 Å². The van der Waals surface area contributed by atoms with Crippen molar-refractivity contribution in [3.8, 4) is 0 Å². The molecule has 1 saturated carbocycles. The third-order valence-electron chi connectivity index (χ3n) is 3.32. The molecule has 1 aliphatic carbocycles. The molecule has 1 atom stereocenters. The quantitative estimate of drug-likeness (QED) is 0.767. The molecule has 2 N–H and O–H groups in total. The Morgan fingerprint density at radius 2 is 2.15 bits per heavy atom. The lowest BCUT2D eigenvalue weighted by Gasteiger charge is -2.12. The van der Waals surface area contributed by atoms with Crippen LogP contribution in [0.3, 0.4) is 0 Å². The van der Waals surface area contributed by atoms with Crippen LogP contribution in [-0.2, 0) is 16.6 Å². The number of aromatic nitrogens is 1. The van der Waals surface area contributed by atoms with E-state index in [2.05, 4.69) is 15.0 Å². The minimum atomic E-state index is -3.50. The zero-order valence-electron chi connectivity index (χ0n) is 12.1. The molecule has 1 heterocycles. The van der Waals surface area contributed by atoms with E-state index < -0.39 is 10.0 Å². The summed E-state index contributed by atoms with van der Waals surface area (Å²) in [7, 11) is -3.50. The van der Waals surface area contributed by atoms with Crippen LogP contribution in [0.4, 0.5) is 0 Å². The number of nitrogens with zero attached hydrogens (tertiary/aromatic N) is 1. The number of hydrogen-bond acceptors (Lipinski definition) is 4. The normalized spacial score (nSPS) is 17.1. The molecule has 0 saturated heterocycles. The molecule has 2 rings (SSSR count). The minimum Gasteiger partial charge on any atom is -0.310 e. The number of nitrogens with one attached hydrogen (secondary N) is 2. The Hall–Kier alpha value is -0.980. The lowest BCUT2D eigenvalue weighted by molar-refractivity contribution is 0.541. The molecule has 0 spiro atoms. The Bertz CT molecular complexity index is 524. The number of rotatable bonds is 8. The Morgan fingerprint density at radius 1 is 1.40 bits per heavy atom. The van der Waals surface area contributed by atoms with E-state index in [0.29, 0.717) is 6.04 Å². The summed E-state index contributed by atoms with van der Waals surface area (Å²) in [6, 6.07) is 3.96. The standard InChI is InChI=1S/C14H23N3O2S/c1-3-4-11(2)17-20(18,19)14-8-5-12(10-16-14)9-15-13-6-7-13/h5,8,10-11,13,15,17H,3-4,6-7,9H2,1-2H3. The summed E-state index contributed by atoms with van der Waals surface area (Å²) >= 11 is 0. The molecule has 1 aromatic heterocycles. The predicted octanol–water partition coefficient (Wildman–Crippen LogP) is 1.80. The first kappa shape index (κ1) is 15.4. The van der Waals surface area contributed by atoms with Gasteiger partial charge in [-0.05, 0) is 37.8 Å². The van der Waals surface area contributed by atoms with E-state index in [1.54, 1.807) is 12.3 Å². The Kier molecular flexibility index (Phi) is 5.12. The number of sulfonamides is 1. The van der Waals surface area contributed by atoms with Crippen molar-refractivity contribution < 1.29 is 8.42 Å². The van der Waals surface area contributed by atoms with Crippen LogP contribution in [0.2, 0.25) is 0 Å². The van der Waals surface area contributed by atoms with Crippen LogP contribution in [0.25, 0.3) is 0 Å². The molecule has 1 unspecified atom stereocenters. The van der Waals surface area contributed by atoms with Gasteiger partial charge < -0.3 is 5.32 Å². The van der Waals surface area contributed by atoms with Crippen molar-refractivity contribution in [3.63, 3.8) is 0 Å². The lowest BCUT2D eigenvalue weighted by Crippen LogP contribution is -2.33. The maximum absolute atomic E-state index is 12.1. The van der Waals surface area contributed by atoms with Gasteiger partial charge in [-0.1, -0.05) is 19.4 Å². The molecule has 1 aliphatic rings.